The Balaban J connectivity index is 3.18. The molecule has 36 heavy (non-hydrogen) atoms. The first-order valence-electron chi connectivity index (χ1n) is 13.0. The lowest BCUT2D eigenvalue weighted by Crippen LogP contribution is -2.60. The molecule has 5 amide bonds. The fourth-order valence-electron chi connectivity index (χ4n) is 4.20. The van der Waals surface area contributed by atoms with E-state index in [9.17, 15) is 24.0 Å². The first kappa shape index (κ1) is 31.3. The molecule has 1 heterocycles. The average Bonchev–Trinajstić information content (AvgIpc) is 3.20. The van der Waals surface area contributed by atoms with E-state index in [0.717, 1.165) is 25.8 Å². The Morgan fingerprint density at radius 2 is 1.64 bits per heavy atom. The van der Waals surface area contributed by atoms with Crippen LogP contribution in [-0.2, 0) is 19.2 Å². The molecule has 11 heteroatoms. The van der Waals surface area contributed by atoms with Gasteiger partial charge in [0.25, 0.3) is 5.91 Å². The standard InChI is InChI=1S/C25H46N6O5/c1-8-10-11-12-27-16-13-18(22(34)29-17(9-2)19(32)21(26)33)31(14-16)23(35)20(25(5,6)7)30-24(36)28-15(3)4/h15-18,20,27H,8-14H2,1-7H3,(H2,26,33)(H,29,34)(H2,28,30,36)/t16-,17-,18+,20?/m1/s1. The predicted octanol–water partition coefficient (Wildman–Crippen LogP) is 0.807. The van der Waals surface area contributed by atoms with Crippen molar-refractivity contribution in [1.82, 2.24) is 26.2 Å². The molecule has 0 bridgehead atoms. The summed E-state index contributed by atoms with van der Waals surface area (Å²) < 4.78 is 0. The number of carbonyl (C=O) groups excluding carboxylic acids is 5. The monoisotopic (exact) mass is 510 g/mol. The molecule has 1 aliphatic heterocycles. The van der Waals surface area contributed by atoms with Gasteiger partial charge in [-0.3, -0.25) is 19.2 Å². The number of Topliss-reactive ketones (excluding diaryl/α,β-unsaturated/α-hetero) is 1. The molecule has 1 rings (SSSR count). The van der Waals surface area contributed by atoms with E-state index in [-0.39, 0.29) is 31.0 Å². The molecule has 0 aliphatic carbocycles. The van der Waals surface area contributed by atoms with Crippen LogP contribution in [0.3, 0.4) is 0 Å². The Kier molecular flexibility index (Phi) is 12.3. The zero-order chi connectivity index (χ0) is 27.6. The van der Waals surface area contributed by atoms with E-state index >= 15 is 0 Å². The number of hydrogen-bond donors (Lipinski definition) is 5. The molecule has 0 spiro atoms. The Labute approximate surface area is 215 Å². The maximum absolute atomic E-state index is 13.8. The summed E-state index contributed by atoms with van der Waals surface area (Å²) in [5.41, 5.74) is 4.49. The van der Waals surface area contributed by atoms with Crippen LogP contribution in [0, 0.1) is 5.41 Å². The van der Waals surface area contributed by atoms with Gasteiger partial charge >= 0.3 is 6.03 Å². The number of nitrogens with one attached hydrogen (secondary N) is 4. The number of unbranched alkanes of at least 4 members (excludes halogenated alkanes) is 2. The van der Waals surface area contributed by atoms with Gasteiger partial charge in [-0.05, 0) is 45.1 Å². The number of nitrogens with two attached hydrogens (primary N) is 1. The first-order chi connectivity index (χ1) is 16.7. The number of ketones is 1. The van der Waals surface area contributed by atoms with Gasteiger partial charge in [0.2, 0.25) is 17.6 Å². The van der Waals surface area contributed by atoms with Crippen molar-refractivity contribution < 1.29 is 24.0 Å². The molecule has 0 aromatic rings. The number of hydrogen-bond acceptors (Lipinski definition) is 6. The van der Waals surface area contributed by atoms with Crippen LogP contribution in [0.5, 0.6) is 0 Å². The molecule has 11 nitrogen and oxygen atoms in total. The smallest absolute Gasteiger partial charge is 0.315 e. The maximum atomic E-state index is 13.8. The average molecular weight is 511 g/mol. The van der Waals surface area contributed by atoms with Crippen LogP contribution < -0.4 is 27.0 Å². The number of amides is 5. The zero-order valence-electron chi connectivity index (χ0n) is 22.9. The van der Waals surface area contributed by atoms with Crippen molar-refractivity contribution in [2.45, 2.75) is 111 Å². The quantitative estimate of drug-likeness (QED) is 0.182. The Hall–Kier alpha value is -2.69. The van der Waals surface area contributed by atoms with Crippen molar-refractivity contribution in [3.05, 3.63) is 0 Å². The summed E-state index contributed by atoms with van der Waals surface area (Å²) in [5.74, 6) is -2.91. The minimum Gasteiger partial charge on any atom is -0.363 e. The summed E-state index contributed by atoms with van der Waals surface area (Å²) in [4.78, 5) is 64.5. The van der Waals surface area contributed by atoms with E-state index in [1.54, 1.807) is 6.92 Å². The van der Waals surface area contributed by atoms with Crippen molar-refractivity contribution in [3.8, 4) is 0 Å². The number of urea groups is 1. The first-order valence-corrected chi connectivity index (χ1v) is 13.0. The summed E-state index contributed by atoms with van der Waals surface area (Å²) in [6, 6.07) is -3.52. The highest BCUT2D eigenvalue weighted by Gasteiger charge is 2.45. The SMILES string of the molecule is CCCCCN[C@@H]1C[C@@H](C(=O)N[C@H](CC)C(=O)C(N)=O)N(C(=O)C(NC(=O)NC(C)C)C(C)(C)C)C1. The number of primary amides is 1. The molecule has 4 atom stereocenters. The highest BCUT2D eigenvalue weighted by Crippen LogP contribution is 2.26. The third kappa shape index (κ3) is 9.40. The molecule has 0 radical (unpaired) electrons. The summed E-state index contributed by atoms with van der Waals surface area (Å²) in [6.07, 6.45) is 3.66. The van der Waals surface area contributed by atoms with Gasteiger partial charge in [-0.2, -0.15) is 0 Å². The second-order valence-corrected chi connectivity index (χ2v) is 10.9. The molecule has 1 aliphatic rings. The third-order valence-electron chi connectivity index (χ3n) is 6.19. The van der Waals surface area contributed by atoms with Crippen LogP contribution in [0.2, 0.25) is 0 Å². The lowest BCUT2D eigenvalue weighted by atomic mass is 9.85. The summed E-state index contributed by atoms with van der Waals surface area (Å²) in [5, 5.41) is 11.5. The molecular formula is C25H46N6O5. The van der Waals surface area contributed by atoms with Crippen molar-refractivity contribution >= 4 is 29.5 Å². The van der Waals surface area contributed by atoms with E-state index in [2.05, 4.69) is 28.2 Å². The van der Waals surface area contributed by atoms with Gasteiger partial charge in [0.1, 0.15) is 12.1 Å². The normalized spacial score (nSPS) is 19.5. The van der Waals surface area contributed by atoms with Crippen LogP contribution in [0.25, 0.3) is 0 Å². The molecule has 6 N–H and O–H groups in total. The summed E-state index contributed by atoms with van der Waals surface area (Å²) >= 11 is 0. The summed E-state index contributed by atoms with van der Waals surface area (Å²) in [6.45, 7) is 14.0. The lowest BCUT2D eigenvalue weighted by molar-refractivity contribution is -0.143. The van der Waals surface area contributed by atoms with Crippen molar-refractivity contribution in [2.24, 2.45) is 11.1 Å². The van der Waals surface area contributed by atoms with Crippen molar-refractivity contribution in [2.75, 3.05) is 13.1 Å². The highest BCUT2D eigenvalue weighted by molar-refractivity contribution is 6.37. The predicted molar refractivity (Wildman–Crippen MR) is 138 cm³/mol. The van der Waals surface area contributed by atoms with E-state index in [1.807, 2.05) is 34.6 Å². The molecule has 0 saturated carbocycles. The van der Waals surface area contributed by atoms with Crippen LogP contribution in [0.1, 0.15) is 80.6 Å². The van der Waals surface area contributed by atoms with Crippen LogP contribution >= 0.6 is 0 Å². The fraction of sp³-hybridized carbons (Fsp3) is 0.800. The maximum Gasteiger partial charge on any atom is 0.315 e. The largest absolute Gasteiger partial charge is 0.363 e. The Morgan fingerprint density at radius 3 is 2.14 bits per heavy atom. The van der Waals surface area contributed by atoms with Crippen LogP contribution in [0.4, 0.5) is 4.79 Å². The van der Waals surface area contributed by atoms with Gasteiger partial charge in [-0.15, -0.1) is 0 Å². The van der Waals surface area contributed by atoms with Gasteiger partial charge in [-0.25, -0.2) is 4.79 Å². The van der Waals surface area contributed by atoms with E-state index in [0.29, 0.717) is 6.42 Å². The summed E-state index contributed by atoms with van der Waals surface area (Å²) in [7, 11) is 0. The van der Waals surface area contributed by atoms with Gasteiger partial charge in [0, 0.05) is 18.6 Å². The van der Waals surface area contributed by atoms with E-state index in [4.69, 9.17) is 5.73 Å². The third-order valence-corrected chi connectivity index (χ3v) is 6.19. The molecule has 1 fully saturated rings. The highest BCUT2D eigenvalue weighted by atomic mass is 16.2. The molecule has 0 aromatic carbocycles. The lowest BCUT2D eigenvalue weighted by Gasteiger charge is -2.35. The topological polar surface area (TPSA) is 163 Å². The minimum atomic E-state index is -1.12. The van der Waals surface area contributed by atoms with Gasteiger partial charge in [0.15, 0.2) is 0 Å². The van der Waals surface area contributed by atoms with E-state index in [1.165, 1.54) is 4.90 Å². The Morgan fingerprint density at radius 1 is 1.00 bits per heavy atom. The van der Waals surface area contributed by atoms with Crippen LogP contribution in [0.15, 0.2) is 0 Å². The number of likely N-dealkylation sites (tertiary alicyclic amines) is 1. The van der Waals surface area contributed by atoms with Crippen LogP contribution in [-0.4, -0.2) is 77.7 Å². The number of carbonyl (C=O) groups is 5. The second-order valence-electron chi connectivity index (χ2n) is 10.9. The van der Waals surface area contributed by atoms with Gasteiger partial charge < -0.3 is 31.9 Å². The van der Waals surface area contributed by atoms with Crippen molar-refractivity contribution in [3.63, 3.8) is 0 Å². The minimum absolute atomic E-state index is 0.114. The molecule has 0 aromatic heterocycles. The zero-order valence-corrected chi connectivity index (χ0v) is 22.9. The molecule has 206 valence electrons. The Bertz CT molecular complexity index is 794. The fourth-order valence-corrected chi connectivity index (χ4v) is 4.20. The number of rotatable bonds is 13. The van der Waals surface area contributed by atoms with E-state index < -0.39 is 47.2 Å². The van der Waals surface area contributed by atoms with Crippen molar-refractivity contribution in [1.29, 1.82) is 0 Å². The van der Waals surface area contributed by atoms with Gasteiger partial charge in [-0.1, -0.05) is 47.5 Å². The molecule has 1 saturated heterocycles. The molecular weight excluding hydrogens is 464 g/mol. The second kappa shape index (κ2) is 14.2. The van der Waals surface area contributed by atoms with Gasteiger partial charge in [0.05, 0.1) is 6.04 Å². The number of nitrogens with zero attached hydrogens (tertiary/aromatic N) is 1. The molecule has 1 unspecified atom stereocenters.